The molecule has 0 saturated carbocycles. The van der Waals surface area contributed by atoms with E-state index < -0.39 is 20.0 Å². The van der Waals surface area contributed by atoms with Crippen LogP contribution in [0.4, 0.5) is 11.4 Å². The summed E-state index contributed by atoms with van der Waals surface area (Å²) in [5.74, 6) is 0. The lowest BCUT2D eigenvalue weighted by molar-refractivity contribution is 0.601. The van der Waals surface area contributed by atoms with Crippen molar-refractivity contribution in [3.8, 4) is 11.1 Å². The lowest BCUT2D eigenvalue weighted by Gasteiger charge is -2.15. The van der Waals surface area contributed by atoms with Gasteiger partial charge in [0.25, 0.3) is 20.0 Å². The zero-order chi connectivity index (χ0) is 23.8. The van der Waals surface area contributed by atoms with Crippen LogP contribution in [0.5, 0.6) is 0 Å². The average molecular weight is 624 g/mol. The molecule has 0 spiro atoms. The van der Waals surface area contributed by atoms with Crippen LogP contribution in [0, 0.1) is 0 Å². The van der Waals surface area contributed by atoms with E-state index in [0.29, 0.717) is 14.2 Å². The number of halogens is 3. The van der Waals surface area contributed by atoms with Crippen LogP contribution in [0.1, 0.15) is 0 Å². The van der Waals surface area contributed by atoms with Crippen LogP contribution in [0.3, 0.4) is 0 Å². The Hall–Kier alpha value is -1.60. The Morgan fingerprint density at radius 3 is 1.73 bits per heavy atom. The topological polar surface area (TPSA) is 92.3 Å². The molecule has 4 aromatic rings. The number of hydrogen-bond acceptors (Lipinski definition) is 6. The molecule has 2 aromatic heterocycles. The zero-order valence-corrected chi connectivity index (χ0v) is 22.6. The summed E-state index contributed by atoms with van der Waals surface area (Å²) in [5, 5.41) is 0. The van der Waals surface area contributed by atoms with Crippen molar-refractivity contribution < 1.29 is 16.8 Å². The van der Waals surface area contributed by atoms with E-state index >= 15 is 0 Å². The molecule has 2 N–H and O–H groups in total. The third-order valence-corrected chi connectivity index (χ3v) is 11.0. The zero-order valence-electron chi connectivity index (χ0n) is 16.3. The summed E-state index contributed by atoms with van der Waals surface area (Å²) in [6.07, 6.45) is 0. The predicted molar refractivity (Wildman–Crippen MR) is 140 cm³/mol. The van der Waals surface area contributed by atoms with Crippen LogP contribution in [0.15, 0.2) is 79.6 Å². The molecule has 0 bridgehead atoms. The largest absolute Gasteiger partial charge is 0.277 e. The van der Waals surface area contributed by atoms with Crippen molar-refractivity contribution in [2.45, 2.75) is 8.42 Å². The predicted octanol–water partition coefficient (Wildman–Crippen LogP) is 7.15. The van der Waals surface area contributed by atoms with Gasteiger partial charge < -0.3 is 0 Å². The number of benzene rings is 2. The molecule has 0 saturated heterocycles. The Morgan fingerprint density at radius 1 is 0.667 bits per heavy atom. The summed E-state index contributed by atoms with van der Waals surface area (Å²) in [6.45, 7) is 0. The molecular weight excluding hydrogens is 611 g/mol. The average Bonchev–Trinajstić information content (AvgIpc) is 3.38. The first-order valence-corrected chi connectivity index (χ1v) is 15.1. The third-order valence-electron chi connectivity index (χ3n) is 4.29. The molecule has 0 amide bonds. The van der Waals surface area contributed by atoms with Gasteiger partial charge in [-0.3, -0.25) is 9.44 Å². The lowest BCUT2D eigenvalue weighted by Crippen LogP contribution is -2.16. The van der Waals surface area contributed by atoms with Gasteiger partial charge in [-0.2, -0.15) is 0 Å². The van der Waals surface area contributed by atoms with E-state index in [9.17, 15) is 16.8 Å². The van der Waals surface area contributed by atoms with Crippen molar-refractivity contribution in [1.82, 2.24) is 0 Å². The van der Waals surface area contributed by atoms with Crippen molar-refractivity contribution in [2.24, 2.45) is 0 Å². The van der Waals surface area contributed by atoms with Crippen LogP contribution in [-0.4, -0.2) is 16.8 Å². The summed E-state index contributed by atoms with van der Waals surface area (Å²) >= 11 is 17.0. The molecule has 6 nitrogen and oxygen atoms in total. The van der Waals surface area contributed by atoms with Crippen LogP contribution < -0.4 is 9.44 Å². The molecule has 0 fully saturated rings. The molecule has 0 aliphatic heterocycles. The highest BCUT2D eigenvalue weighted by Gasteiger charge is 2.23. The van der Waals surface area contributed by atoms with Gasteiger partial charge in [-0.25, -0.2) is 16.8 Å². The normalized spacial score (nSPS) is 12.0. The molecule has 172 valence electrons. The Kier molecular flexibility index (Phi) is 7.11. The minimum atomic E-state index is -4.02. The van der Waals surface area contributed by atoms with Crippen molar-refractivity contribution in [2.75, 3.05) is 9.44 Å². The summed E-state index contributed by atoms with van der Waals surface area (Å²) < 4.78 is 58.0. The number of thiophene rings is 2. The molecule has 0 radical (unpaired) electrons. The molecule has 33 heavy (non-hydrogen) atoms. The second-order valence-electron chi connectivity index (χ2n) is 6.60. The van der Waals surface area contributed by atoms with Gasteiger partial charge in [0.15, 0.2) is 0 Å². The van der Waals surface area contributed by atoms with Crippen molar-refractivity contribution in [3.63, 3.8) is 0 Å². The molecule has 2 heterocycles. The highest BCUT2D eigenvalue weighted by Crippen LogP contribution is 2.35. The minimum Gasteiger partial charge on any atom is -0.277 e. The van der Waals surface area contributed by atoms with Gasteiger partial charge in [0.1, 0.15) is 8.42 Å². The fraction of sp³-hybridized carbons (Fsp3) is 0. The van der Waals surface area contributed by atoms with Gasteiger partial charge in [0.05, 0.1) is 20.0 Å². The van der Waals surface area contributed by atoms with E-state index in [0.717, 1.165) is 32.7 Å². The molecular formula is C20H13BrCl2N2O4S4. The van der Waals surface area contributed by atoms with Crippen molar-refractivity contribution in [3.05, 3.63) is 79.9 Å². The Labute approximate surface area is 217 Å². The van der Waals surface area contributed by atoms with Gasteiger partial charge in [0.2, 0.25) is 0 Å². The molecule has 0 aliphatic rings. The number of sulfonamides is 2. The first kappa shape index (κ1) is 24.5. The third kappa shape index (κ3) is 5.73. The second kappa shape index (κ2) is 9.57. The molecule has 2 aromatic carbocycles. The Bertz CT molecular complexity index is 1550. The fourth-order valence-electron chi connectivity index (χ4n) is 2.84. The fourth-order valence-corrected chi connectivity index (χ4v) is 8.35. The Balaban J connectivity index is 1.78. The van der Waals surface area contributed by atoms with E-state index in [1.165, 1.54) is 30.3 Å². The van der Waals surface area contributed by atoms with Crippen molar-refractivity contribution >= 4 is 93.2 Å². The van der Waals surface area contributed by atoms with E-state index in [1.54, 1.807) is 12.1 Å². The molecule has 13 heteroatoms. The summed E-state index contributed by atoms with van der Waals surface area (Å²) in [4.78, 5) is 0. The summed E-state index contributed by atoms with van der Waals surface area (Å²) in [7, 11) is -8.01. The van der Waals surface area contributed by atoms with Gasteiger partial charge in [-0.15, -0.1) is 22.7 Å². The summed E-state index contributed by atoms with van der Waals surface area (Å²) in [6, 6.07) is 17.9. The number of rotatable bonds is 7. The van der Waals surface area contributed by atoms with E-state index in [1.807, 2.05) is 24.3 Å². The number of nitrogens with one attached hydrogen (secondary N) is 2. The first-order chi connectivity index (χ1) is 15.5. The first-order valence-electron chi connectivity index (χ1n) is 9.00. The monoisotopic (exact) mass is 622 g/mol. The molecule has 0 atom stereocenters. The lowest BCUT2D eigenvalue weighted by atomic mass is 10.0. The van der Waals surface area contributed by atoms with E-state index in [-0.39, 0.29) is 19.8 Å². The van der Waals surface area contributed by atoms with Crippen LogP contribution in [-0.2, 0) is 20.0 Å². The second-order valence-corrected chi connectivity index (χ2v) is 14.8. The molecule has 0 aliphatic carbocycles. The van der Waals surface area contributed by atoms with Crippen molar-refractivity contribution in [1.29, 1.82) is 0 Å². The SMILES string of the molecule is O=S(=O)(Nc1ccc(-c2cccc(Br)c2)cc1NS(=O)(=O)c1ccc(Cl)s1)c1ccc(Cl)s1. The van der Waals surface area contributed by atoms with E-state index in [2.05, 4.69) is 25.4 Å². The molecule has 4 rings (SSSR count). The van der Waals surface area contributed by atoms with Crippen LogP contribution >= 0.6 is 61.8 Å². The smallest absolute Gasteiger partial charge is 0.271 e. The standard InChI is InChI=1S/C20H13BrCl2N2O4S4/c21-14-3-1-2-12(10-14)13-4-5-15(24-32(26,27)19-8-6-17(22)30-19)16(11-13)25-33(28,29)20-9-7-18(23)31-20/h1-11,24-25H. The quantitative estimate of drug-likeness (QED) is 0.229. The Morgan fingerprint density at radius 2 is 1.21 bits per heavy atom. The van der Waals surface area contributed by atoms with Gasteiger partial charge in [-0.05, 0) is 59.7 Å². The van der Waals surface area contributed by atoms with Crippen LogP contribution in [0.25, 0.3) is 11.1 Å². The maximum Gasteiger partial charge on any atom is 0.271 e. The van der Waals surface area contributed by atoms with E-state index in [4.69, 9.17) is 23.2 Å². The maximum atomic E-state index is 12.9. The van der Waals surface area contributed by atoms with Gasteiger partial charge in [-0.1, -0.05) is 57.3 Å². The highest BCUT2D eigenvalue weighted by atomic mass is 79.9. The number of hydrogen-bond donors (Lipinski definition) is 2. The summed E-state index contributed by atoms with van der Waals surface area (Å²) in [5.41, 5.74) is 1.61. The highest BCUT2D eigenvalue weighted by molar-refractivity contribution is 9.10. The molecule has 0 unspecified atom stereocenters. The number of anilines is 2. The van der Waals surface area contributed by atoms with Crippen LogP contribution in [0.2, 0.25) is 8.67 Å². The van der Waals surface area contributed by atoms with Gasteiger partial charge in [0, 0.05) is 4.47 Å². The van der Waals surface area contributed by atoms with Gasteiger partial charge >= 0.3 is 0 Å². The maximum absolute atomic E-state index is 12.9. The minimum absolute atomic E-state index is 0.000737.